The van der Waals surface area contributed by atoms with Crippen molar-refractivity contribution in [3.05, 3.63) is 70.7 Å². The van der Waals surface area contributed by atoms with Gasteiger partial charge in [-0.15, -0.1) is 0 Å². The molecule has 2 heterocycles. The summed E-state index contributed by atoms with van der Waals surface area (Å²) in [6, 6.07) is 8.10. The van der Waals surface area contributed by atoms with Gasteiger partial charge in [-0.2, -0.15) is 5.10 Å². The van der Waals surface area contributed by atoms with Crippen LogP contribution in [0.15, 0.2) is 57.9 Å². The summed E-state index contributed by atoms with van der Waals surface area (Å²) in [6.07, 6.45) is 1.46. The fourth-order valence-corrected chi connectivity index (χ4v) is 2.19. The third-order valence-electron chi connectivity index (χ3n) is 3.53. The van der Waals surface area contributed by atoms with E-state index in [4.69, 9.17) is 4.42 Å². The van der Waals surface area contributed by atoms with Gasteiger partial charge in [0.1, 0.15) is 11.7 Å². The van der Waals surface area contributed by atoms with E-state index in [2.05, 4.69) is 10.4 Å². The van der Waals surface area contributed by atoms with Crippen molar-refractivity contribution in [2.24, 2.45) is 0 Å². The van der Waals surface area contributed by atoms with Crippen molar-refractivity contribution in [2.75, 3.05) is 5.32 Å². The van der Waals surface area contributed by atoms with Gasteiger partial charge < -0.3 is 9.73 Å². The first-order valence-electron chi connectivity index (χ1n) is 7.35. The van der Waals surface area contributed by atoms with Gasteiger partial charge in [-0.05, 0) is 37.3 Å². The molecule has 0 aliphatic carbocycles. The van der Waals surface area contributed by atoms with Crippen LogP contribution in [0.2, 0.25) is 0 Å². The summed E-state index contributed by atoms with van der Waals surface area (Å²) >= 11 is 0. The standard InChI is InChI=1S/C17H13F2N3O3/c1-10(17(24)20-11-4-5-12(18)13(19)9-11)22-16(23)7-6-14(21-22)15-3-2-8-25-15/h2-10H,1H3,(H,20,24). The number of carbonyl (C=O) groups is 1. The molecule has 1 aromatic carbocycles. The average Bonchev–Trinajstić information content (AvgIpc) is 3.12. The average molecular weight is 345 g/mol. The molecule has 0 aliphatic rings. The number of nitrogens with zero attached hydrogens (tertiary/aromatic N) is 2. The zero-order chi connectivity index (χ0) is 18.0. The van der Waals surface area contributed by atoms with Gasteiger partial charge in [-0.3, -0.25) is 9.59 Å². The van der Waals surface area contributed by atoms with Gasteiger partial charge in [0, 0.05) is 17.8 Å². The molecular formula is C17H13F2N3O3. The van der Waals surface area contributed by atoms with Crippen molar-refractivity contribution < 1.29 is 18.0 Å². The van der Waals surface area contributed by atoms with E-state index in [0.717, 1.165) is 16.8 Å². The lowest BCUT2D eigenvalue weighted by Crippen LogP contribution is -2.33. The highest BCUT2D eigenvalue weighted by Gasteiger charge is 2.19. The molecule has 0 bridgehead atoms. The van der Waals surface area contributed by atoms with E-state index in [-0.39, 0.29) is 5.69 Å². The smallest absolute Gasteiger partial charge is 0.267 e. The Labute approximate surface area is 140 Å². The predicted molar refractivity (Wildman–Crippen MR) is 85.9 cm³/mol. The Morgan fingerprint density at radius 2 is 2.00 bits per heavy atom. The fraction of sp³-hybridized carbons (Fsp3) is 0.118. The number of nitrogens with one attached hydrogen (secondary N) is 1. The molecule has 0 spiro atoms. The van der Waals surface area contributed by atoms with Gasteiger partial charge in [0.15, 0.2) is 17.4 Å². The normalized spacial score (nSPS) is 12.0. The molecule has 0 radical (unpaired) electrons. The number of halogens is 2. The Morgan fingerprint density at radius 3 is 2.68 bits per heavy atom. The highest BCUT2D eigenvalue weighted by molar-refractivity contribution is 5.93. The lowest BCUT2D eigenvalue weighted by molar-refractivity contribution is -0.119. The Bertz CT molecular complexity index is 968. The first kappa shape index (κ1) is 16.6. The van der Waals surface area contributed by atoms with E-state index in [1.165, 1.54) is 31.4 Å². The molecule has 3 rings (SSSR count). The van der Waals surface area contributed by atoms with E-state index in [1.807, 2.05) is 0 Å². The van der Waals surface area contributed by atoms with Crippen molar-refractivity contribution >= 4 is 11.6 Å². The molecule has 25 heavy (non-hydrogen) atoms. The Hall–Kier alpha value is -3.29. The molecule has 1 amide bonds. The number of furan rings is 1. The van der Waals surface area contributed by atoms with Gasteiger partial charge in [0.05, 0.1) is 6.26 Å². The van der Waals surface area contributed by atoms with E-state index >= 15 is 0 Å². The van der Waals surface area contributed by atoms with Crippen LogP contribution in [0, 0.1) is 11.6 Å². The van der Waals surface area contributed by atoms with Crippen molar-refractivity contribution in [1.29, 1.82) is 0 Å². The summed E-state index contributed by atoms with van der Waals surface area (Å²) in [6.45, 7) is 1.47. The maximum absolute atomic E-state index is 13.2. The van der Waals surface area contributed by atoms with Crippen molar-refractivity contribution in [2.45, 2.75) is 13.0 Å². The predicted octanol–water partition coefficient (Wildman–Crippen LogP) is 2.98. The molecule has 8 heteroatoms. The Morgan fingerprint density at radius 1 is 1.20 bits per heavy atom. The first-order valence-corrected chi connectivity index (χ1v) is 7.35. The summed E-state index contributed by atoms with van der Waals surface area (Å²) in [5.74, 6) is -2.25. The molecule has 1 unspecified atom stereocenters. The minimum Gasteiger partial charge on any atom is -0.463 e. The van der Waals surface area contributed by atoms with Gasteiger partial charge in [0.25, 0.3) is 5.56 Å². The molecule has 0 saturated heterocycles. The third-order valence-corrected chi connectivity index (χ3v) is 3.53. The molecule has 128 valence electrons. The Balaban J connectivity index is 1.85. The van der Waals surface area contributed by atoms with Crippen LogP contribution in [0.25, 0.3) is 11.5 Å². The molecule has 1 atom stereocenters. The quantitative estimate of drug-likeness (QED) is 0.789. The van der Waals surface area contributed by atoms with Gasteiger partial charge in [-0.1, -0.05) is 0 Å². The molecule has 1 N–H and O–H groups in total. The molecule has 6 nitrogen and oxygen atoms in total. The lowest BCUT2D eigenvalue weighted by atomic mass is 10.2. The number of hydrogen-bond donors (Lipinski definition) is 1. The number of carbonyl (C=O) groups excluding carboxylic acids is 1. The second-order valence-corrected chi connectivity index (χ2v) is 5.27. The summed E-state index contributed by atoms with van der Waals surface area (Å²) in [5, 5.41) is 6.55. The highest BCUT2D eigenvalue weighted by atomic mass is 19.2. The van der Waals surface area contributed by atoms with Crippen LogP contribution >= 0.6 is 0 Å². The van der Waals surface area contributed by atoms with Crippen LogP contribution in [0.5, 0.6) is 0 Å². The SMILES string of the molecule is CC(C(=O)Nc1ccc(F)c(F)c1)n1nc(-c2ccco2)ccc1=O. The number of anilines is 1. The highest BCUT2D eigenvalue weighted by Crippen LogP contribution is 2.17. The summed E-state index contributed by atoms with van der Waals surface area (Å²) in [4.78, 5) is 24.3. The second-order valence-electron chi connectivity index (χ2n) is 5.27. The maximum Gasteiger partial charge on any atom is 0.267 e. The zero-order valence-electron chi connectivity index (χ0n) is 13.1. The van der Waals surface area contributed by atoms with E-state index < -0.39 is 29.1 Å². The van der Waals surface area contributed by atoms with Crippen LogP contribution in [-0.4, -0.2) is 15.7 Å². The van der Waals surface area contributed by atoms with Crippen LogP contribution in [0.3, 0.4) is 0 Å². The van der Waals surface area contributed by atoms with Gasteiger partial charge >= 0.3 is 0 Å². The van der Waals surface area contributed by atoms with Crippen molar-refractivity contribution in [3.8, 4) is 11.5 Å². The Kier molecular flexibility index (Phi) is 4.42. The maximum atomic E-state index is 13.2. The lowest BCUT2D eigenvalue weighted by Gasteiger charge is -2.14. The van der Waals surface area contributed by atoms with Crippen molar-refractivity contribution in [3.63, 3.8) is 0 Å². The third kappa shape index (κ3) is 3.47. The minimum atomic E-state index is -1.08. The summed E-state index contributed by atoms with van der Waals surface area (Å²) in [5.41, 5.74) is -0.0219. The summed E-state index contributed by atoms with van der Waals surface area (Å²) in [7, 11) is 0. The van der Waals surface area contributed by atoms with Crippen LogP contribution in [0.1, 0.15) is 13.0 Å². The second kappa shape index (κ2) is 6.68. The van der Waals surface area contributed by atoms with Crippen LogP contribution < -0.4 is 10.9 Å². The molecule has 0 aliphatic heterocycles. The molecule has 3 aromatic rings. The number of amides is 1. The van der Waals surface area contributed by atoms with Gasteiger partial charge in [-0.25, -0.2) is 13.5 Å². The number of rotatable bonds is 4. The van der Waals surface area contributed by atoms with E-state index in [9.17, 15) is 18.4 Å². The van der Waals surface area contributed by atoms with Crippen molar-refractivity contribution in [1.82, 2.24) is 9.78 Å². The minimum absolute atomic E-state index is 0.0750. The fourth-order valence-electron chi connectivity index (χ4n) is 2.19. The first-order chi connectivity index (χ1) is 12.0. The van der Waals surface area contributed by atoms with Crippen LogP contribution in [-0.2, 0) is 4.79 Å². The number of hydrogen-bond acceptors (Lipinski definition) is 4. The largest absolute Gasteiger partial charge is 0.463 e. The topological polar surface area (TPSA) is 77.1 Å². The van der Waals surface area contributed by atoms with Crippen LogP contribution in [0.4, 0.5) is 14.5 Å². The van der Waals surface area contributed by atoms with Gasteiger partial charge in [0.2, 0.25) is 5.91 Å². The number of benzene rings is 1. The zero-order valence-corrected chi connectivity index (χ0v) is 13.1. The molecular weight excluding hydrogens is 332 g/mol. The summed E-state index contributed by atoms with van der Waals surface area (Å²) < 4.78 is 32.4. The monoisotopic (exact) mass is 345 g/mol. The molecule has 0 fully saturated rings. The van der Waals surface area contributed by atoms with E-state index in [1.54, 1.807) is 12.1 Å². The molecule has 2 aromatic heterocycles. The molecule has 0 saturated carbocycles. The van der Waals surface area contributed by atoms with E-state index in [0.29, 0.717) is 11.5 Å². The number of aromatic nitrogens is 2.